The van der Waals surface area contributed by atoms with E-state index in [4.69, 9.17) is 24.0 Å². The molecule has 0 bridgehead atoms. The Kier molecular flexibility index (Phi) is 8.60. The smallest absolute Gasteiger partial charge is 0.305 e. The lowest BCUT2D eigenvalue weighted by Crippen LogP contribution is -2.48. The van der Waals surface area contributed by atoms with E-state index in [1.54, 1.807) is 7.05 Å². The van der Waals surface area contributed by atoms with E-state index in [9.17, 15) is 9.90 Å². The average Bonchev–Trinajstić information content (AvgIpc) is 3.29. The molecule has 1 saturated heterocycles. The molecule has 1 atom stereocenters. The summed E-state index contributed by atoms with van der Waals surface area (Å²) in [6.07, 6.45) is 4.23. The van der Waals surface area contributed by atoms with Crippen LogP contribution >= 0.6 is 0 Å². The number of aromatic nitrogens is 3. The molecule has 220 valence electrons. The zero-order valence-corrected chi connectivity index (χ0v) is 24.7. The molecule has 41 heavy (non-hydrogen) atoms. The first-order valence-corrected chi connectivity index (χ1v) is 14.4. The molecule has 0 amide bonds. The number of piperidine rings is 1. The van der Waals surface area contributed by atoms with E-state index >= 15 is 0 Å². The summed E-state index contributed by atoms with van der Waals surface area (Å²) in [5.74, 6) is 3.21. The molecule has 0 radical (unpaired) electrons. The fourth-order valence-electron chi connectivity index (χ4n) is 6.45. The minimum absolute atomic E-state index is 0.109. The normalized spacial score (nSPS) is 17.4. The highest BCUT2D eigenvalue weighted by Gasteiger charge is 2.46. The first kappa shape index (κ1) is 29.0. The number of likely N-dealkylation sites (N-methyl/N-ethyl adjacent to an activating group) is 1. The van der Waals surface area contributed by atoms with E-state index in [-0.39, 0.29) is 12.6 Å². The van der Waals surface area contributed by atoms with Gasteiger partial charge in [0, 0.05) is 37.2 Å². The Labute approximate surface area is 241 Å². The van der Waals surface area contributed by atoms with Crippen molar-refractivity contribution in [1.82, 2.24) is 20.4 Å². The number of nitrogens with one attached hydrogen (secondary N) is 1. The van der Waals surface area contributed by atoms with Crippen molar-refractivity contribution in [3.63, 3.8) is 0 Å². The molecule has 2 aromatic heterocycles. The molecule has 2 aliphatic rings. The first-order valence-electron chi connectivity index (χ1n) is 14.4. The summed E-state index contributed by atoms with van der Waals surface area (Å²) >= 11 is 0. The van der Waals surface area contributed by atoms with Crippen molar-refractivity contribution in [2.45, 2.75) is 59.0 Å². The van der Waals surface area contributed by atoms with Crippen molar-refractivity contribution in [1.29, 1.82) is 0 Å². The predicted molar refractivity (Wildman–Crippen MR) is 156 cm³/mol. The predicted octanol–water partition coefficient (Wildman–Crippen LogP) is 4.24. The number of nitrogens with zero attached hydrogens (tertiary/aromatic N) is 4. The van der Waals surface area contributed by atoms with Gasteiger partial charge < -0.3 is 29.3 Å². The number of benzene rings is 1. The number of aliphatic hydroxyl groups excluding tert-OH is 1. The number of carbonyl (C=O) groups excluding carboxylic acids is 1. The van der Waals surface area contributed by atoms with Gasteiger partial charge in [-0.1, -0.05) is 17.3 Å². The molecule has 1 saturated carbocycles. The van der Waals surface area contributed by atoms with E-state index in [2.05, 4.69) is 22.3 Å². The average molecular weight is 564 g/mol. The maximum absolute atomic E-state index is 11.7. The van der Waals surface area contributed by atoms with Crippen molar-refractivity contribution >= 4 is 11.8 Å². The molecule has 3 heterocycles. The summed E-state index contributed by atoms with van der Waals surface area (Å²) in [4.78, 5) is 24.2. The van der Waals surface area contributed by atoms with Gasteiger partial charge in [-0.05, 0) is 77.0 Å². The van der Waals surface area contributed by atoms with Gasteiger partial charge in [-0.3, -0.25) is 4.79 Å². The monoisotopic (exact) mass is 563 g/mol. The zero-order chi connectivity index (χ0) is 29.1. The van der Waals surface area contributed by atoms with Crippen LogP contribution in [0.25, 0.3) is 22.6 Å². The molecule has 5 rings (SSSR count). The van der Waals surface area contributed by atoms with Crippen LogP contribution in [0.3, 0.4) is 0 Å². The van der Waals surface area contributed by atoms with Gasteiger partial charge in [-0.25, -0.2) is 9.97 Å². The largest absolute Gasteiger partial charge is 0.491 e. The molecule has 10 nitrogen and oxygen atoms in total. The second-order valence-electron chi connectivity index (χ2n) is 11.6. The SMILES string of the molecule is CNCC(O)COc1cccc(-c2nc(-c3c(C)noc3C)c(C)c(N3CCC4(CC3)CC(CC(=O)OC)C4)n2)c1. The summed E-state index contributed by atoms with van der Waals surface area (Å²) in [7, 11) is 3.26. The molecular formula is C31H41N5O5. The lowest BCUT2D eigenvalue weighted by Gasteiger charge is -2.52. The highest BCUT2D eigenvalue weighted by Crippen LogP contribution is 2.54. The minimum atomic E-state index is -0.606. The molecule has 1 aliphatic carbocycles. The third-order valence-electron chi connectivity index (χ3n) is 8.61. The van der Waals surface area contributed by atoms with Crippen LogP contribution in [0.2, 0.25) is 0 Å². The van der Waals surface area contributed by atoms with Gasteiger partial charge >= 0.3 is 5.97 Å². The van der Waals surface area contributed by atoms with Crippen molar-refractivity contribution < 1.29 is 23.9 Å². The number of aliphatic hydroxyl groups is 1. The van der Waals surface area contributed by atoms with Gasteiger partial charge in [-0.2, -0.15) is 0 Å². The number of ether oxygens (including phenoxy) is 2. The number of hydrogen-bond acceptors (Lipinski definition) is 10. The third-order valence-corrected chi connectivity index (χ3v) is 8.61. The summed E-state index contributed by atoms with van der Waals surface area (Å²) < 4.78 is 16.3. The Morgan fingerprint density at radius 1 is 1.22 bits per heavy atom. The van der Waals surface area contributed by atoms with E-state index in [0.29, 0.717) is 35.9 Å². The minimum Gasteiger partial charge on any atom is -0.491 e. The van der Waals surface area contributed by atoms with Crippen LogP contribution in [0.15, 0.2) is 28.8 Å². The maximum Gasteiger partial charge on any atom is 0.305 e. The molecule has 2 fully saturated rings. The lowest BCUT2D eigenvalue weighted by atomic mass is 9.57. The van der Waals surface area contributed by atoms with E-state index in [1.807, 2.05) is 38.1 Å². The van der Waals surface area contributed by atoms with Gasteiger partial charge in [0.1, 0.15) is 30.0 Å². The molecule has 10 heteroatoms. The molecule has 1 aliphatic heterocycles. The molecule has 2 N–H and O–H groups in total. The zero-order valence-electron chi connectivity index (χ0n) is 24.7. The summed E-state index contributed by atoms with van der Waals surface area (Å²) in [5, 5.41) is 17.2. The van der Waals surface area contributed by atoms with Crippen LogP contribution in [0, 0.1) is 32.1 Å². The lowest BCUT2D eigenvalue weighted by molar-refractivity contribution is -0.144. The Bertz CT molecular complexity index is 1350. The Balaban J connectivity index is 1.42. The van der Waals surface area contributed by atoms with Gasteiger partial charge in [0.15, 0.2) is 5.82 Å². The molecule has 1 aromatic carbocycles. The molecule has 3 aromatic rings. The van der Waals surface area contributed by atoms with E-state index < -0.39 is 6.10 Å². The number of esters is 1. The molecule has 1 spiro atoms. The fourth-order valence-corrected chi connectivity index (χ4v) is 6.45. The Morgan fingerprint density at radius 3 is 2.63 bits per heavy atom. The number of hydrogen-bond donors (Lipinski definition) is 2. The highest BCUT2D eigenvalue weighted by molar-refractivity contribution is 5.75. The number of aryl methyl sites for hydroxylation is 2. The maximum atomic E-state index is 11.7. The van der Waals surface area contributed by atoms with Crippen LogP contribution in [0.5, 0.6) is 5.75 Å². The van der Waals surface area contributed by atoms with Crippen LogP contribution in [0.1, 0.15) is 49.1 Å². The Hall–Kier alpha value is -3.50. The van der Waals surface area contributed by atoms with Crippen LogP contribution in [0.4, 0.5) is 5.82 Å². The number of rotatable bonds is 10. The quantitative estimate of drug-likeness (QED) is 0.346. The first-order chi connectivity index (χ1) is 19.7. The summed E-state index contributed by atoms with van der Waals surface area (Å²) in [5.41, 5.74) is 4.65. The van der Waals surface area contributed by atoms with E-state index in [1.165, 1.54) is 7.11 Å². The standard InChI is InChI=1S/C31H41N5O5/c1-19-28(27-20(2)35-41-21(27)3)33-29(23-7-6-8-25(14-23)40-18-24(37)17-32-4)34-30(19)36-11-9-31(10-12-36)15-22(16-31)13-26(38)39-5/h6-8,14,22,24,32,37H,9-13,15-18H2,1-5H3. The van der Waals surface area contributed by atoms with Crippen LogP contribution in [-0.4, -0.2) is 72.7 Å². The van der Waals surface area contributed by atoms with Gasteiger partial charge in [0.2, 0.25) is 0 Å². The number of carbonyl (C=O) groups is 1. The second kappa shape index (κ2) is 12.2. The van der Waals surface area contributed by atoms with Gasteiger partial charge in [-0.15, -0.1) is 0 Å². The van der Waals surface area contributed by atoms with Crippen molar-refractivity contribution in [3.8, 4) is 28.4 Å². The van der Waals surface area contributed by atoms with Crippen molar-refractivity contribution in [2.75, 3.05) is 45.3 Å². The van der Waals surface area contributed by atoms with E-state index in [0.717, 1.165) is 78.4 Å². The molecular weight excluding hydrogens is 522 g/mol. The topological polar surface area (TPSA) is 123 Å². The number of anilines is 1. The molecule has 1 unspecified atom stereocenters. The summed E-state index contributed by atoms with van der Waals surface area (Å²) in [6, 6.07) is 7.68. The second-order valence-corrected chi connectivity index (χ2v) is 11.6. The van der Waals surface area contributed by atoms with Crippen molar-refractivity contribution in [2.24, 2.45) is 11.3 Å². The van der Waals surface area contributed by atoms with Gasteiger partial charge in [0.05, 0.1) is 24.1 Å². The van der Waals surface area contributed by atoms with Crippen LogP contribution < -0.4 is 15.0 Å². The summed E-state index contributed by atoms with van der Waals surface area (Å²) in [6.45, 7) is 8.35. The van der Waals surface area contributed by atoms with Gasteiger partial charge in [0.25, 0.3) is 0 Å². The third kappa shape index (κ3) is 6.23. The van der Waals surface area contributed by atoms with Crippen molar-refractivity contribution in [3.05, 3.63) is 41.3 Å². The Morgan fingerprint density at radius 2 is 1.98 bits per heavy atom. The number of methoxy groups -OCH3 is 1. The van der Waals surface area contributed by atoms with Crippen LogP contribution in [-0.2, 0) is 9.53 Å². The fraction of sp³-hybridized carbons (Fsp3) is 0.548. The highest BCUT2D eigenvalue weighted by atomic mass is 16.5.